The van der Waals surface area contributed by atoms with Crippen molar-refractivity contribution < 1.29 is 9.53 Å². The van der Waals surface area contributed by atoms with Gasteiger partial charge in [0.15, 0.2) is 5.78 Å². The third kappa shape index (κ3) is 2.87. The van der Waals surface area contributed by atoms with Gasteiger partial charge in [0.25, 0.3) is 0 Å². The SMILES string of the molecule is CC(=O)c1cc2cc(OCCN(C)C)cnc2[nH]1. The van der Waals surface area contributed by atoms with Crippen LogP contribution in [0.1, 0.15) is 17.4 Å². The zero-order valence-electron chi connectivity index (χ0n) is 10.9. The highest BCUT2D eigenvalue weighted by Crippen LogP contribution is 2.19. The van der Waals surface area contributed by atoms with Gasteiger partial charge in [-0.25, -0.2) is 4.98 Å². The van der Waals surface area contributed by atoms with Crippen LogP contribution in [0.15, 0.2) is 18.3 Å². The number of hydrogen-bond donors (Lipinski definition) is 1. The molecule has 5 nitrogen and oxygen atoms in total. The Morgan fingerprint density at radius 1 is 1.44 bits per heavy atom. The maximum Gasteiger partial charge on any atom is 0.176 e. The van der Waals surface area contributed by atoms with Crippen LogP contribution in [0.25, 0.3) is 11.0 Å². The molecule has 0 unspecified atom stereocenters. The lowest BCUT2D eigenvalue weighted by Crippen LogP contribution is -2.19. The summed E-state index contributed by atoms with van der Waals surface area (Å²) in [5.74, 6) is 0.724. The van der Waals surface area contributed by atoms with Crippen molar-refractivity contribution in [3.05, 3.63) is 24.0 Å². The van der Waals surface area contributed by atoms with E-state index in [1.165, 1.54) is 6.92 Å². The molecule has 96 valence electrons. The second-order valence-electron chi connectivity index (χ2n) is 4.50. The Balaban J connectivity index is 2.14. The third-order valence-electron chi connectivity index (χ3n) is 2.63. The van der Waals surface area contributed by atoms with Crippen LogP contribution in [0.2, 0.25) is 0 Å². The number of aromatic amines is 1. The minimum Gasteiger partial charge on any atom is -0.491 e. The van der Waals surface area contributed by atoms with Crippen molar-refractivity contribution in [1.82, 2.24) is 14.9 Å². The Bertz CT molecular complexity index is 560. The first-order chi connectivity index (χ1) is 8.56. The van der Waals surface area contributed by atoms with Gasteiger partial charge in [0, 0.05) is 18.9 Å². The molecule has 0 saturated carbocycles. The molecule has 2 rings (SSSR count). The van der Waals surface area contributed by atoms with Crippen LogP contribution in [0, 0.1) is 0 Å². The Morgan fingerprint density at radius 3 is 2.89 bits per heavy atom. The summed E-state index contributed by atoms with van der Waals surface area (Å²) in [6.45, 7) is 2.99. The predicted molar refractivity (Wildman–Crippen MR) is 70.1 cm³/mol. The number of nitrogens with one attached hydrogen (secondary N) is 1. The smallest absolute Gasteiger partial charge is 0.176 e. The van der Waals surface area contributed by atoms with Gasteiger partial charge in [0.05, 0.1) is 11.9 Å². The lowest BCUT2D eigenvalue weighted by molar-refractivity contribution is 0.101. The van der Waals surface area contributed by atoms with E-state index >= 15 is 0 Å². The van der Waals surface area contributed by atoms with Gasteiger partial charge in [0.2, 0.25) is 0 Å². The van der Waals surface area contributed by atoms with Crippen molar-refractivity contribution in [2.75, 3.05) is 27.2 Å². The third-order valence-corrected chi connectivity index (χ3v) is 2.63. The molecule has 2 aromatic rings. The number of likely N-dealkylation sites (N-methyl/N-ethyl adjacent to an activating group) is 1. The molecule has 0 aliphatic rings. The topological polar surface area (TPSA) is 58.2 Å². The van der Waals surface area contributed by atoms with Crippen LogP contribution < -0.4 is 4.74 Å². The average Bonchev–Trinajstić information content (AvgIpc) is 2.71. The first kappa shape index (κ1) is 12.6. The van der Waals surface area contributed by atoms with Crippen LogP contribution >= 0.6 is 0 Å². The number of carbonyl (C=O) groups excluding carboxylic acids is 1. The summed E-state index contributed by atoms with van der Waals surface area (Å²) in [5, 5.41) is 0.891. The Labute approximate surface area is 106 Å². The van der Waals surface area contributed by atoms with Crippen LogP contribution in [-0.4, -0.2) is 47.9 Å². The quantitative estimate of drug-likeness (QED) is 0.817. The van der Waals surface area contributed by atoms with E-state index in [4.69, 9.17) is 4.74 Å². The number of nitrogens with zero attached hydrogens (tertiary/aromatic N) is 2. The van der Waals surface area contributed by atoms with Crippen LogP contribution in [0.5, 0.6) is 5.75 Å². The van der Waals surface area contributed by atoms with Crippen molar-refractivity contribution >= 4 is 16.8 Å². The number of carbonyl (C=O) groups is 1. The van der Waals surface area contributed by atoms with Crippen LogP contribution in [0.4, 0.5) is 0 Å². The van der Waals surface area contributed by atoms with E-state index in [1.54, 1.807) is 12.3 Å². The molecular formula is C13H17N3O2. The highest BCUT2D eigenvalue weighted by atomic mass is 16.5. The Hall–Kier alpha value is -1.88. The van der Waals surface area contributed by atoms with E-state index in [0.717, 1.165) is 17.7 Å². The molecule has 0 atom stereocenters. The van der Waals surface area contributed by atoms with Crippen LogP contribution in [-0.2, 0) is 0 Å². The van der Waals surface area contributed by atoms with Gasteiger partial charge in [-0.2, -0.15) is 0 Å². The number of Topliss-reactive ketones (excluding diaryl/α,β-unsaturated/α-hetero) is 1. The number of fused-ring (bicyclic) bond motifs is 1. The molecule has 2 aromatic heterocycles. The second kappa shape index (κ2) is 5.18. The van der Waals surface area contributed by atoms with Gasteiger partial charge in [-0.1, -0.05) is 0 Å². The molecule has 0 saturated heterocycles. The van der Waals surface area contributed by atoms with Crippen molar-refractivity contribution in [2.24, 2.45) is 0 Å². The summed E-state index contributed by atoms with van der Waals surface area (Å²) >= 11 is 0. The van der Waals surface area contributed by atoms with Crippen molar-refractivity contribution in [1.29, 1.82) is 0 Å². The zero-order chi connectivity index (χ0) is 13.1. The summed E-state index contributed by atoms with van der Waals surface area (Å²) in [5.41, 5.74) is 1.28. The fourth-order valence-corrected chi connectivity index (χ4v) is 1.61. The summed E-state index contributed by atoms with van der Waals surface area (Å²) in [6, 6.07) is 3.68. The summed E-state index contributed by atoms with van der Waals surface area (Å²) < 4.78 is 5.59. The van der Waals surface area contributed by atoms with Gasteiger partial charge >= 0.3 is 0 Å². The van der Waals surface area contributed by atoms with Gasteiger partial charge in [-0.05, 0) is 26.2 Å². The molecule has 18 heavy (non-hydrogen) atoms. The molecule has 0 aliphatic carbocycles. The molecule has 0 aromatic carbocycles. The van der Waals surface area contributed by atoms with E-state index in [2.05, 4.69) is 14.9 Å². The molecule has 0 fully saturated rings. The van der Waals surface area contributed by atoms with E-state index in [0.29, 0.717) is 17.9 Å². The largest absolute Gasteiger partial charge is 0.491 e. The number of rotatable bonds is 5. The van der Waals surface area contributed by atoms with E-state index in [9.17, 15) is 4.79 Å². The molecular weight excluding hydrogens is 230 g/mol. The molecule has 0 bridgehead atoms. The average molecular weight is 247 g/mol. The standard InChI is InChI=1S/C13H17N3O2/c1-9(17)12-7-10-6-11(8-14-13(10)15-12)18-5-4-16(2)3/h6-8H,4-5H2,1-3H3,(H,14,15). The normalized spacial score (nSPS) is 11.1. The fourth-order valence-electron chi connectivity index (χ4n) is 1.61. The summed E-state index contributed by atoms with van der Waals surface area (Å²) in [7, 11) is 3.99. The first-order valence-electron chi connectivity index (χ1n) is 5.83. The highest BCUT2D eigenvalue weighted by Gasteiger charge is 2.06. The van der Waals surface area contributed by atoms with Crippen molar-refractivity contribution in [3.8, 4) is 5.75 Å². The number of ketones is 1. The Morgan fingerprint density at radius 2 is 2.22 bits per heavy atom. The molecule has 5 heteroatoms. The van der Waals surface area contributed by atoms with Gasteiger partial charge < -0.3 is 14.6 Å². The van der Waals surface area contributed by atoms with Gasteiger partial charge in [-0.15, -0.1) is 0 Å². The summed E-state index contributed by atoms with van der Waals surface area (Å²) in [6.07, 6.45) is 1.67. The molecule has 2 heterocycles. The number of aromatic nitrogens is 2. The lowest BCUT2D eigenvalue weighted by Gasteiger charge is -2.10. The second-order valence-corrected chi connectivity index (χ2v) is 4.50. The van der Waals surface area contributed by atoms with Crippen molar-refractivity contribution in [2.45, 2.75) is 6.92 Å². The minimum atomic E-state index is 0.00285. The first-order valence-corrected chi connectivity index (χ1v) is 5.83. The molecule has 0 amide bonds. The highest BCUT2D eigenvalue weighted by molar-refractivity contribution is 5.97. The Kier molecular flexibility index (Phi) is 3.62. The van der Waals surface area contributed by atoms with Crippen molar-refractivity contribution in [3.63, 3.8) is 0 Å². The number of ether oxygens (including phenoxy) is 1. The molecule has 0 aliphatic heterocycles. The number of H-pyrrole nitrogens is 1. The predicted octanol–water partition coefficient (Wildman–Crippen LogP) is 1.71. The molecule has 0 spiro atoms. The molecule has 1 N–H and O–H groups in total. The summed E-state index contributed by atoms with van der Waals surface area (Å²) in [4.78, 5) is 20.5. The zero-order valence-corrected chi connectivity index (χ0v) is 10.9. The van der Waals surface area contributed by atoms with Crippen LogP contribution in [0.3, 0.4) is 0 Å². The minimum absolute atomic E-state index is 0.00285. The van der Waals surface area contributed by atoms with E-state index in [-0.39, 0.29) is 5.78 Å². The monoisotopic (exact) mass is 247 g/mol. The van der Waals surface area contributed by atoms with Gasteiger partial charge in [-0.3, -0.25) is 4.79 Å². The maximum atomic E-state index is 11.3. The number of pyridine rings is 1. The molecule has 0 radical (unpaired) electrons. The van der Waals surface area contributed by atoms with Gasteiger partial charge in [0.1, 0.15) is 18.0 Å². The number of hydrogen-bond acceptors (Lipinski definition) is 4. The lowest BCUT2D eigenvalue weighted by atomic mass is 10.3. The van der Waals surface area contributed by atoms with E-state index < -0.39 is 0 Å². The fraction of sp³-hybridized carbons (Fsp3) is 0.385. The van der Waals surface area contributed by atoms with E-state index in [1.807, 2.05) is 20.2 Å². The maximum absolute atomic E-state index is 11.3.